The Hall–Kier alpha value is -0.119. The Bertz CT molecular complexity index is 817. The molecule has 60 heavy (non-hydrogen) atoms. The summed E-state index contributed by atoms with van der Waals surface area (Å²) < 4.78 is 38.6. The fourth-order valence-corrected chi connectivity index (χ4v) is 13.0. The van der Waals surface area contributed by atoms with Gasteiger partial charge in [-0.3, -0.25) is 4.79 Å². The third-order valence-electron chi connectivity index (χ3n) is 11.1. The minimum atomic E-state index is -2.40. The number of unbranched alkanes of at least 4 members (excludes halogenated alkanes) is 28. The van der Waals surface area contributed by atoms with E-state index in [0.717, 1.165) is 18.5 Å². The van der Waals surface area contributed by atoms with Gasteiger partial charge in [0.1, 0.15) is 0 Å². The molecule has 0 aliphatic rings. The van der Waals surface area contributed by atoms with Crippen molar-refractivity contribution in [3.8, 4) is 0 Å². The van der Waals surface area contributed by atoms with Gasteiger partial charge in [-0.2, -0.15) is 0 Å². The first-order valence-electron chi connectivity index (χ1n) is 25.6. The van der Waals surface area contributed by atoms with Crippen molar-refractivity contribution in [2.75, 3.05) is 48.3 Å². The maximum atomic E-state index is 10.6. The second kappa shape index (κ2) is 48.3. The quantitative estimate of drug-likeness (QED) is 0.0340. The van der Waals surface area contributed by atoms with Crippen molar-refractivity contribution < 1.29 is 36.1 Å². The van der Waals surface area contributed by atoms with Crippen LogP contribution in [0.2, 0.25) is 37.8 Å². The van der Waals surface area contributed by atoms with Gasteiger partial charge in [-0.25, -0.2) is 0 Å². The highest BCUT2D eigenvalue weighted by Crippen LogP contribution is 2.22. The Balaban J connectivity index is -0.000000899. The number of hydrogen-bond donors (Lipinski definition) is 0. The first-order chi connectivity index (χ1) is 28.9. The lowest BCUT2D eigenvalue weighted by Gasteiger charge is -2.28. The lowest BCUT2D eigenvalue weighted by Crippen LogP contribution is -2.45. The van der Waals surface area contributed by atoms with Gasteiger partial charge >= 0.3 is 23.6 Å². The van der Waals surface area contributed by atoms with Crippen LogP contribution < -0.4 is 0 Å². The standard InChI is InChI=1S/C22H48O3Si.C21H46O3Si.C6H14O2Si/c1-5-9-10-11-12-13-14-15-16-17-18-19-20-21-22-26(23-6-2,24-7-3)25-8-4;1-5-6-7-8-9-10-11-12-13-14-15-16-17-18-19-20-21-25(22-2,23-3)24-4;1-8-6(7)5-9(2,3)4/h5-22H2,1-4H3;5-21H2,1-4H3;5H2,1-4H3. The van der Waals surface area contributed by atoms with Crippen molar-refractivity contribution in [1.82, 2.24) is 0 Å². The first kappa shape index (κ1) is 64.2. The molecule has 0 aromatic rings. The zero-order valence-corrected chi connectivity index (χ0v) is 45.7. The molecule has 0 rings (SSSR count). The predicted octanol–water partition coefficient (Wildman–Crippen LogP) is 16.1. The molecule has 364 valence electrons. The molecule has 8 nitrogen and oxygen atoms in total. The molecule has 0 fully saturated rings. The highest BCUT2D eigenvalue weighted by Gasteiger charge is 2.39. The first-order valence-corrected chi connectivity index (χ1v) is 33.2. The summed E-state index contributed by atoms with van der Waals surface area (Å²) in [5.41, 5.74) is 0. The summed E-state index contributed by atoms with van der Waals surface area (Å²) in [4.78, 5) is 10.6. The molecule has 0 radical (unpaired) electrons. The topological polar surface area (TPSA) is 81.7 Å². The van der Waals surface area contributed by atoms with Crippen molar-refractivity contribution in [2.45, 2.75) is 265 Å². The number of carbonyl (C=O) groups is 1. The summed E-state index contributed by atoms with van der Waals surface area (Å²) in [7, 11) is 0.595. The Labute approximate surface area is 379 Å². The fourth-order valence-electron chi connectivity index (χ4n) is 7.49. The highest BCUT2D eigenvalue weighted by molar-refractivity contribution is 6.78. The molecule has 0 spiro atoms. The zero-order chi connectivity index (χ0) is 45.5. The van der Waals surface area contributed by atoms with Crippen LogP contribution in [-0.4, -0.2) is 79.9 Å². The van der Waals surface area contributed by atoms with Crippen LogP contribution in [0.25, 0.3) is 0 Å². The van der Waals surface area contributed by atoms with Gasteiger partial charge in [0, 0.05) is 59.3 Å². The number of methoxy groups -OCH3 is 1. The Morgan fingerprint density at radius 2 is 0.583 bits per heavy atom. The van der Waals surface area contributed by atoms with Gasteiger partial charge in [-0.1, -0.05) is 213 Å². The van der Waals surface area contributed by atoms with E-state index in [1.807, 2.05) is 20.8 Å². The number of hydrogen-bond acceptors (Lipinski definition) is 8. The summed E-state index contributed by atoms with van der Waals surface area (Å²) in [6.07, 6.45) is 41.8. The summed E-state index contributed by atoms with van der Waals surface area (Å²) in [6.45, 7) is 19.2. The van der Waals surface area contributed by atoms with Gasteiger partial charge in [0.05, 0.1) is 15.2 Å². The minimum Gasteiger partial charge on any atom is -0.469 e. The van der Waals surface area contributed by atoms with Crippen LogP contribution in [0.15, 0.2) is 0 Å². The van der Waals surface area contributed by atoms with E-state index >= 15 is 0 Å². The lowest BCUT2D eigenvalue weighted by molar-refractivity contribution is -0.138. The van der Waals surface area contributed by atoms with Crippen LogP contribution in [0.3, 0.4) is 0 Å². The van der Waals surface area contributed by atoms with Crippen LogP contribution in [0, 0.1) is 0 Å². The van der Waals surface area contributed by atoms with Crippen molar-refractivity contribution in [3.63, 3.8) is 0 Å². The summed E-state index contributed by atoms with van der Waals surface area (Å²) in [5.74, 6) is -0.0748. The molecular weight excluding hydrogens is 801 g/mol. The molecule has 0 aromatic carbocycles. The summed E-state index contributed by atoms with van der Waals surface area (Å²) in [5, 5.41) is 0. The van der Waals surface area contributed by atoms with Gasteiger partial charge in [-0.15, -0.1) is 0 Å². The number of rotatable bonds is 43. The van der Waals surface area contributed by atoms with Crippen LogP contribution in [0.4, 0.5) is 0 Å². The van der Waals surface area contributed by atoms with Crippen LogP contribution in [0.5, 0.6) is 0 Å². The highest BCUT2D eigenvalue weighted by atomic mass is 28.4. The molecule has 0 heterocycles. The Morgan fingerprint density at radius 3 is 0.767 bits per heavy atom. The molecule has 0 saturated carbocycles. The van der Waals surface area contributed by atoms with E-state index in [2.05, 4.69) is 38.2 Å². The number of esters is 1. The third kappa shape index (κ3) is 45.9. The smallest absolute Gasteiger partial charge is 0.469 e. The molecule has 0 amide bonds. The van der Waals surface area contributed by atoms with Crippen LogP contribution in [-0.2, 0) is 36.1 Å². The molecule has 0 aromatic heterocycles. The van der Waals surface area contributed by atoms with Gasteiger partial charge in [-0.05, 0) is 33.6 Å². The van der Waals surface area contributed by atoms with Crippen LogP contribution >= 0.6 is 0 Å². The third-order valence-corrected chi connectivity index (χ3v) is 18.4. The molecule has 0 unspecified atom stereocenters. The molecule has 0 aliphatic heterocycles. The molecule has 0 atom stereocenters. The van der Waals surface area contributed by atoms with Gasteiger partial charge in [0.15, 0.2) is 0 Å². The van der Waals surface area contributed by atoms with Crippen molar-refractivity contribution in [1.29, 1.82) is 0 Å². The second-order valence-electron chi connectivity index (χ2n) is 18.0. The van der Waals surface area contributed by atoms with Crippen molar-refractivity contribution >= 4 is 31.7 Å². The Morgan fingerprint density at radius 1 is 0.350 bits per heavy atom. The molecular formula is C49H108O8Si3. The zero-order valence-electron chi connectivity index (χ0n) is 42.7. The largest absolute Gasteiger partial charge is 0.500 e. The molecule has 0 N–H and O–H groups in total. The van der Waals surface area contributed by atoms with Gasteiger partial charge in [0.25, 0.3) is 0 Å². The monoisotopic (exact) mass is 909 g/mol. The molecule has 0 saturated heterocycles. The van der Waals surface area contributed by atoms with Gasteiger partial charge in [0.2, 0.25) is 0 Å². The van der Waals surface area contributed by atoms with E-state index in [-0.39, 0.29) is 5.97 Å². The average molecular weight is 910 g/mol. The lowest BCUT2D eigenvalue weighted by atomic mass is 10.0. The molecule has 0 bridgehead atoms. The maximum Gasteiger partial charge on any atom is 0.500 e. The van der Waals surface area contributed by atoms with E-state index in [4.69, 9.17) is 26.6 Å². The van der Waals surface area contributed by atoms with E-state index in [1.54, 1.807) is 21.3 Å². The Kier molecular flexibility index (Phi) is 51.7. The summed E-state index contributed by atoms with van der Waals surface area (Å²) in [6, 6.07) is 2.54. The summed E-state index contributed by atoms with van der Waals surface area (Å²) >= 11 is 0. The average Bonchev–Trinajstić information content (AvgIpc) is 3.22. The number of ether oxygens (including phenoxy) is 1. The molecule has 11 heteroatoms. The second-order valence-corrected chi connectivity index (χ2v) is 29.3. The minimum absolute atomic E-state index is 0.0748. The van der Waals surface area contributed by atoms with Crippen molar-refractivity contribution in [3.05, 3.63) is 0 Å². The van der Waals surface area contributed by atoms with E-state index in [0.29, 0.717) is 25.9 Å². The van der Waals surface area contributed by atoms with Crippen molar-refractivity contribution in [2.24, 2.45) is 0 Å². The van der Waals surface area contributed by atoms with E-state index < -0.39 is 25.7 Å². The number of carbonyl (C=O) groups excluding carboxylic acids is 1. The normalized spacial score (nSPS) is 11.9. The maximum absolute atomic E-state index is 10.6. The van der Waals surface area contributed by atoms with Crippen LogP contribution in [0.1, 0.15) is 227 Å². The molecule has 0 aliphatic carbocycles. The predicted molar refractivity (Wildman–Crippen MR) is 267 cm³/mol. The van der Waals surface area contributed by atoms with E-state index in [9.17, 15) is 4.79 Å². The van der Waals surface area contributed by atoms with E-state index in [1.165, 1.54) is 193 Å². The SMILES string of the molecule is CCCCCCCCCCCCCCCCCC[Si](OC)(OC)OC.CCCCCCCCCCCCCCCC[Si](OCC)(OCC)OCC.COC(=O)C[Si](C)(C)C. The van der Waals surface area contributed by atoms with Gasteiger partial charge < -0.3 is 31.3 Å². The fraction of sp³-hybridized carbons (Fsp3) is 0.980.